The summed E-state index contributed by atoms with van der Waals surface area (Å²) < 4.78 is 2.65. The topological polar surface area (TPSA) is 6.48 Å². The second kappa shape index (κ2) is 16.2. The molecule has 15 rings (SSSR count). The predicted octanol–water partition coefficient (Wildman–Crippen LogP) is 19.5. The van der Waals surface area contributed by atoms with Gasteiger partial charge in [-0.15, -0.1) is 11.3 Å². The van der Waals surface area contributed by atoms with Gasteiger partial charge in [0.2, 0.25) is 0 Å². The summed E-state index contributed by atoms with van der Waals surface area (Å²) in [5.41, 5.74) is 27.8. The van der Waals surface area contributed by atoms with E-state index < -0.39 is 0 Å². The highest BCUT2D eigenvalue weighted by molar-refractivity contribution is 7.99. The van der Waals surface area contributed by atoms with Crippen LogP contribution in [0.4, 0.5) is 28.4 Å². The van der Waals surface area contributed by atoms with Crippen LogP contribution < -0.4 is 20.6 Å². The summed E-state index contributed by atoms with van der Waals surface area (Å²) in [6.45, 7) is 29.1. The van der Waals surface area contributed by atoms with Gasteiger partial charge in [0.1, 0.15) is 0 Å². The molecule has 5 heteroatoms. The molecular weight excluding hydrogens is 980 g/mol. The van der Waals surface area contributed by atoms with Crippen molar-refractivity contribution in [1.82, 2.24) is 0 Å². The molecular formula is C73H67BN2S2. The van der Waals surface area contributed by atoms with Gasteiger partial charge in [-0.3, -0.25) is 0 Å². The number of hydrogen-bond donors (Lipinski definition) is 0. The molecule has 2 nitrogen and oxygen atoms in total. The van der Waals surface area contributed by atoms with E-state index in [0.29, 0.717) is 0 Å². The smallest absolute Gasteiger partial charge is 0.333 e. The number of benzene rings is 9. The van der Waals surface area contributed by atoms with Crippen molar-refractivity contribution >= 4 is 89.5 Å². The van der Waals surface area contributed by atoms with Crippen molar-refractivity contribution in [2.45, 2.75) is 133 Å². The zero-order chi connectivity index (χ0) is 53.7. The lowest BCUT2D eigenvalue weighted by Gasteiger charge is -2.49. The number of thiophene rings is 1. The van der Waals surface area contributed by atoms with Crippen LogP contribution in [0.15, 0.2) is 174 Å². The lowest BCUT2D eigenvalue weighted by molar-refractivity contribution is 0.332. The third kappa shape index (κ3) is 6.58. The van der Waals surface area contributed by atoms with E-state index in [4.69, 9.17) is 0 Å². The third-order valence-corrected chi connectivity index (χ3v) is 21.7. The summed E-state index contributed by atoms with van der Waals surface area (Å²) in [4.78, 5) is 8.28. The van der Waals surface area contributed by atoms with E-state index in [2.05, 4.69) is 257 Å². The van der Waals surface area contributed by atoms with Crippen molar-refractivity contribution in [3.63, 3.8) is 0 Å². The van der Waals surface area contributed by atoms with Gasteiger partial charge in [-0.2, -0.15) is 0 Å². The third-order valence-electron chi connectivity index (χ3n) is 19.4. The first kappa shape index (κ1) is 48.4. The molecule has 2 aliphatic carbocycles. The Morgan fingerprint density at radius 1 is 0.487 bits per heavy atom. The van der Waals surface area contributed by atoms with Crippen molar-refractivity contribution in [2.24, 2.45) is 0 Å². The molecule has 0 atom stereocenters. The first-order valence-electron chi connectivity index (χ1n) is 28.4. The Hall–Kier alpha value is -6.79. The minimum absolute atomic E-state index is 0.0165. The summed E-state index contributed by atoms with van der Waals surface area (Å²) in [6.07, 6.45) is 2.33. The maximum Gasteiger partial charge on any atom is 0.333 e. The van der Waals surface area contributed by atoms with Gasteiger partial charge >= 0.3 is 6.85 Å². The first-order chi connectivity index (χ1) is 37.2. The Morgan fingerprint density at radius 3 is 1.94 bits per heavy atom. The van der Waals surface area contributed by atoms with Crippen LogP contribution in [-0.4, -0.2) is 6.85 Å². The second-order valence-electron chi connectivity index (χ2n) is 26.7. The molecule has 10 aromatic rings. The highest BCUT2D eigenvalue weighted by atomic mass is 32.2. The van der Waals surface area contributed by atoms with Crippen molar-refractivity contribution in [3.8, 4) is 33.4 Å². The van der Waals surface area contributed by atoms with Gasteiger partial charge in [-0.1, -0.05) is 197 Å². The minimum atomic E-state index is -0.293. The number of fused-ring (bicyclic) bond motifs is 15. The largest absolute Gasteiger partial charge is 0.376 e. The molecule has 5 aliphatic rings. The summed E-state index contributed by atoms with van der Waals surface area (Å²) in [5, 5.41) is 2.69. The molecule has 384 valence electrons. The van der Waals surface area contributed by atoms with Crippen LogP contribution in [-0.2, 0) is 27.1 Å². The monoisotopic (exact) mass is 1050 g/mol. The number of aryl methyl sites for hydroxylation is 1. The Bertz CT molecular complexity index is 4260. The molecule has 0 N–H and O–H groups in total. The quantitative estimate of drug-likeness (QED) is 0.163. The van der Waals surface area contributed by atoms with Gasteiger partial charge in [0.25, 0.3) is 0 Å². The molecule has 0 saturated heterocycles. The van der Waals surface area contributed by atoms with E-state index in [9.17, 15) is 0 Å². The zero-order valence-corrected chi connectivity index (χ0v) is 48.9. The lowest BCUT2D eigenvalue weighted by Crippen LogP contribution is -2.62. The molecule has 0 saturated carbocycles. The van der Waals surface area contributed by atoms with Crippen LogP contribution >= 0.6 is 23.1 Å². The average Bonchev–Trinajstić information content (AvgIpc) is 2.88. The predicted molar refractivity (Wildman–Crippen MR) is 337 cm³/mol. The molecule has 0 spiro atoms. The number of nitrogens with zero attached hydrogens (tertiary/aromatic N) is 2. The number of hydrogen-bond acceptors (Lipinski definition) is 4. The van der Waals surface area contributed by atoms with Crippen LogP contribution in [0.1, 0.15) is 134 Å². The van der Waals surface area contributed by atoms with Crippen molar-refractivity contribution < 1.29 is 0 Å². The van der Waals surface area contributed by atoms with Crippen LogP contribution in [0.5, 0.6) is 0 Å². The van der Waals surface area contributed by atoms with Crippen molar-refractivity contribution in [2.75, 3.05) is 9.71 Å². The maximum atomic E-state index is 2.83. The van der Waals surface area contributed by atoms with Crippen molar-refractivity contribution in [3.05, 3.63) is 208 Å². The fraction of sp³-hybridized carbons (Fsp3) is 0.260. The SMILES string of the molecule is Cc1cc2c(cc1N1c3cc4c(cc3B3c5c1cc1c(c5-c5c(ccc6sc7ccccc7c56)N3c3ccc(C(C)(C)C)cc3-c3ccccc3)C(C)(C)c3ccccc3-1)C(C)(C)c1ccccc1S4)C(C)(C)CCC2(C)C. The number of anilines is 5. The summed E-state index contributed by atoms with van der Waals surface area (Å²) >= 11 is 3.89. The van der Waals surface area contributed by atoms with E-state index in [1.54, 1.807) is 0 Å². The minimum Gasteiger partial charge on any atom is -0.376 e. The van der Waals surface area contributed by atoms with Gasteiger partial charge in [-0.05, 0) is 168 Å². The average molecular weight is 1050 g/mol. The Morgan fingerprint density at radius 2 is 1.17 bits per heavy atom. The Balaban J connectivity index is 1.16. The van der Waals surface area contributed by atoms with E-state index in [1.165, 1.54) is 154 Å². The van der Waals surface area contributed by atoms with Gasteiger partial charge in [0.05, 0.1) is 0 Å². The summed E-state index contributed by atoms with van der Waals surface area (Å²) in [6, 6.07) is 64.5. The van der Waals surface area contributed by atoms with E-state index in [-0.39, 0.29) is 33.9 Å². The van der Waals surface area contributed by atoms with Gasteiger partial charge in [0, 0.05) is 80.4 Å². The standard InChI is InChI=1S/C73H67BN2S2/c1-42-36-51-52(71(7,8)35-34-70(51,5)6)40-57(42)75-58-41-63-53(72(9,10)50-27-19-21-29-61(50)78-63)39-54(58)74-68-59(75)38-48-45-24-16-18-26-49(45)73(11,12)67(48)66(68)65-56(32-33-62-64(65)46-25-17-20-28-60(46)77-62)76(74)55-31-30-44(69(2,3)4)37-47(55)43-22-14-13-15-23-43/h13-33,36-41H,34-35H2,1-12H3. The molecule has 4 heterocycles. The molecule has 0 unspecified atom stereocenters. The van der Waals surface area contributed by atoms with Gasteiger partial charge < -0.3 is 9.71 Å². The molecule has 0 radical (unpaired) electrons. The van der Waals surface area contributed by atoms with Crippen LogP contribution in [0.2, 0.25) is 0 Å². The zero-order valence-electron chi connectivity index (χ0n) is 47.3. The van der Waals surface area contributed by atoms with Crippen LogP contribution in [0.3, 0.4) is 0 Å². The molecule has 78 heavy (non-hydrogen) atoms. The van der Waals surface area contributed by atoms with Crippen LogP contribution in [0.25, 0.3) is 53.6 Å². The lowest BCUT2D eigenvalue weighted by atomic mass is 9.42. The number of rotatable bonds is 3. The van der Waals surface area contributed by atoms with E-state index >= 15 is 0 Å². The summed E-state index contributed by atoms with van der Waals surface area (Å²) in [5.74, 6) is 0. The van der Waals surface area contributed by atoms with Crippen molar-refractivity contribution in [1.29, 1.82) is 0 Å². The van der Waals surface area contributed by atoms with Gasteiger partial charge in [-0.25, -0.2) is 0 Å². The normalized spacial score (nSPS) is 17.4. The Kier molecular flexibility index (Phi) is 10.0. The summed E-state index contributed by atoms with van der Waals surface area (Å²) in [7, 11) is 0. The van der Waals surface area contributed by atoms with E-state index in [0.717, 1.165) is 6.42 Å². The fourth-order valence-electron chi connectivity index (χ4n) is 15.1. The molecule has 9 aromatic carbocycles. The highest BCUT2D eigenvalue weighted by Gasteiger charge is 2.52. The van der Waals surface area contributed by atoms with E-state index in [1.807, 2.05) is 23.1 Å². The molecule has 0 bridgehead atoms. The molecule has 0 fully saturated rings. The fourth-order valence-corrected chi connectivity index (χ4v) is 17.6. The molecule has 1 aromatic heterocycles. The maximum absolute atomic E-state index is 2.83. The second-order valence-corrected chi connectivity index (χ2v) is 28.9. The molecule has 3 aliphatic heterocycles. The Labute approximate surface area is 470 Å². The molecule has 0 amide bonds. The highest BCUT2D eigenvalue weighted by Crippen LogP contribution is 2.62. The van der Waals surface area contributed by atoms with Gasteiger partial charge in [0.15, 0.2) is 0 Å². The first-order valence-corrected chi connectivity index (χ1v) is 30.0. The van der Waals surface area contributed by atoms with Crippen LogP contribution in [0, 0.1) is 6.92 Å².